The number of ether oxygens (including phenoxy) is 1. The summed E-state index contributed by atoms with van der Waals surface area (Å²) in [6.45, 7) is -0.256. The molecule has 0 unspecified atom stereocenters. The van der Waals surface area contributed by atoms with Crippen LogP contribution in [0.5, 0.6) is 5.75 Å². The average molecular weight is 428 g/mol. The minimum Gasteiger partial charge on any atom is -0.422 e. The molecule has 0 fully saturated rings. The zero-order valence-electron chi connectivity index (χ0n) is 15.3. The second-order valence-electron chi connectivity index (χ2n) is 5.85. The highest BCUT2D eigenvalue weighted by molar-refractivity contribution is 6.33. The zero-order valence-corrected chi connectivity index (χ0v) is 16.0. The van der Waals surface area contributed by atoms with Gasteiger partial charge in [0.15, 0.2) is 0 Å². The van der Waals surface area contributed by atoms with E-state index >= 15 is 0 Å². The first-order chi connectivity index (χ1) is 14.4. The van der Waals surface area contributed by atoms with Gasteiger partial charge in [0.05, 0.1) is 21.7 Å². The lowest BCUT2D eigenvalue weighted by Gasteiger charge is -2.08. The second kappa shape index (κ2) is 9.43. The summed E-state index contributed by atoms with van der Waals surface area (Å²) in [6.07, 6.45) is 3.48. The summed E-state index contributed by atoms with van der Waals surface area (Å²) >= 11 is 6.01. The molecule has 0 bridgehead atoms. The molecule has 3 aromatic rings. The largest absolute Gasteiger partial charge is 0.422 e. The maximum absolute atomic E-state index is 12.3. The predicted octanol–water partition coefficient (Wildman–Crippen LogP) is 2.81. The van der Waals surface area contributed by atoms with Crippen LogP contribution < -0.4 is 10.2 Å². The third kappa shape index (κ3) is 5.26. The Balaban J connectivity index is 1.63. The van der Waals surface area contributed by atoms with Crippen LogP contribution in [0.25, 0.3) is 0 Å². The van der Waals surface area contributed by atoms with Gasteiger partial charge in [-0.3, -0.25) is 19.6 Å². The van der Waals surface area contributed by atoms with Gasteiger partial charge >= 0.3 is 11.7 Å². The van der Waals surface area contributed by atoms with Gasteiger partial charge in [-0.1, -0.05) is 35.9 Å². The van der Waals surface area contributed by atoms with E-state index in [4.69, 9.17) is 16.3 Å². The standard InChI is InChI=1S/C19H14ClN5O5/c20-16-7-3-2-6-15(16)19(27)30-17-8-4-1-5-13(17)9-21-23-18(26)12-24-11-14(10-22-24)25(28)29/h1-11H,12H2,(H,23,26)/b21-9+. The molecule has 10 nitrogen and oxygen atoms in total. The highest BCUT2D eigenvalue weighted by Crippen LogP contribution is 2.21. The van der Waals surface area contributed by atoms with Gasteiger partial charge in [0.2, 0.25) is 0 Å². The minimum atomic E-state index is -0.634. The summed E-state index contributed by atoms with van der Waals surface area (Å²) in [5.41, 5.74) is 2.71. The van der Waals surface area contributed by atoms with Crippen LogP contribution in [0, 0.1) is 10.1 Å². The van der Waals surface area contributed by atoms with Crippen LogP contribution in [0.15, 0.2) is 66.0 Å². The Kier molecular flexibility index (Phi) is 6.50. The number of benzene rings is 2. The number of esters is 1. The maximum Gasteiger partial charge on any atom is 0.345 e. The van der Waals surface area contributed by atoms with Gasteiger partial charge < -0.3 is 4.74 Å². The van der Waals surface area contributed by atoms with E-state index in [1.165, 1.54) is 6.21 Å². The van der Waals surface area contributed by atoms with E-state index in [0.717, 1.165) is 17.1 Å². The Labute approximate surface area is 174 Å². The van der Waals surface area contributed by atoms with Crippen LogP contribution in [-0.2, 0) is 11.3 Å². The Morgan fingerprint density at radius 2 is 1.97 bits per heavy atom. The molecule has 152 valence electrons. The van der Waals surface area contributed by atoms with Crippen molar-refractivity contribution in [2.24, 2.45) is 5.10 Å². The Morgan fingerprint density at radius 1 is 1.23 bits per heavy atom. The summed E-state index contributed by atoms with van der Waals surface area (Å²) in [4.78, 5) is 34.3. The van der Waals surface area contributed by atoms with Crippen LogP contribution in [-0.4, -0.2) is 32.8 Å². The summed E-state index contributed by atoms with van der Waals surface area (Å²) < 4.78 is 6.50. The van der Waals surface area contributed by atoms with Crippen molar-refractivity contribution < 1.29 is 19.2 Å². The quantitative estimate of drug-likeness (QED) is 0.203. The minimum absolute atomic E-state index is 0.215. The number of carbonyl (C=O) groups is 2. The topological polar surface area (TPSA) is 129 Å². The third-order valence-corrected chi connectivity index (χ3v) is 4.07. The Morgan fingerprint density at radius 3 is 2.70 bits per heavy atom. The lowest BCUT2D eigenvalue weighted by atomic mass is 10.2. The van der Waals surface area contributed by atoms with Gasteiger partial charge in [0.25, 0.3) is 5.91 Å². The van der Waals surface area contributed by atoms with Crippen molar-refractivity contribution in [2.45, 2.75) is 6.54 Å². The van der Waals surface area contributed by atoms with Crippen LogP contribution >= 0.6 is 11.6 Å². The molecule has 0 saturated carbocycles. The molecule has 2 aromatic carbocycles. The second-order valence-corrected chi connectivity index (χ2v) is 6.26. The zero-order chi connectivity index (χ0) is 21.5. The molecule has 0 atom stereocenters. The summed E-state index contributed by atoms with van der Waals surface area (Å²) in [5, 5.41) is 18.4. The number of amides is 1. The number of nitro groups is 1. The van der Waals surface area contributed by atoms with Gasteiger partial charge in [0, 0.05) is 5.56 Å². The normalized spacial score (nSPS) is 10.7. The van der Waals surface area contributed by atoms with Crippen molar-refractivity contribution in [1.29, 1.82) is 0 Å². The highest BCUT2D eigenvalue weighted by Gasteiger charge is 2.14. The fourth-order valence-corrected chi connectivity index (χ4v) is 2.56. The van der Waals surface area contributed by atoms with Crippen LogP contribution in [0.1, 0.15) is 15.9 Å². The van der Waals surface area contributed by atoms with E-state index in [-0.39, 0.29) is 28.6 Å². The van der Waals surface area contributed by atoms with E-state index < -0.39 is 16.8 Å². The van der Waals surface area contributed by atoms with Crippen LogP contribution in [0.4, 0.5) is 5.69 Å². The number of carbonyl (C=O) groups excluding carboxylic acids is 2. The molecule has 1 heterocycles. The molecule has 0 radical (unpaired) electrons. The molecular weight excluding hydrogens is 414 g/mol. The maximum atomic E-state index is 12.3. The van der Waals surface area contributed by atoms with E-state index in [9.17, 15) is 19.7 Å². The Bertz CT molecular complexity index is 1130. The summed E-state index contributed by atoms with van der Waals surface area (Å²) in [5.74, 6) is -0.955. The molecule has 1 aromatic heterocycles. The number of halogens is 1. The number of nitrogens with zero attached hydrogens (tertiary/aromatic N) is 4. The summed E-state index contributed by atoms with van der Waals surface area (Å²) in [6, 6.07) is 13.1. The van der Waals surface area contributed by atoms with Crippen molar-refractivity contribution in [1.82, 2.24) is 15.2 Å². The monoisotopic (exact) mass is 427 g/mol. The molecule has 0 spiro atoms. The number of nitrogens with one attached hydrogen (secondary N) is 1. The Hall–Kier alpha value is -4.05. The fourth-order valence-electron chi connectivity index (χ4n) is 2.35. The molecule has 0 aliphatic rings. The molecule has 1 N–H and O–H groups in total. The number of aromatic nitrogens is 2. The first-order valence-electron chi connectivity index (χ1n) is 8.48. The lowest BCUT2D eigenvalue weighted by Crippen LogP contribution is -2.23. The first-order valence-corrected chi connectivity index (χ1v) is 8.86. The summed E-state index contributed by atoms with van der Waals surface area (Å²) in [7, 11) is 0. The number of para-hydroxylation sites is 1. The third-order valence-electron chi connectivity index (χ3n) is 3.74. The van der Waals surface area contributed by atoms with Gasteiger partial charge in [-0.05, 0) is 24.3 Å². The molecular formula is C19H14ClN5O5. The molecule has 0 aliphatic heterocycles. The molecule has 0 saturated heterocycles. The average Bonchev–Trinajstić information content (AvgIpc) is 3.18. The van der Waals surface area contributed by atoms with Crippen molar-refractivity contribution in [3.63, 3.8) is 0 Å². The van der Waals surface area contributed by atoms with Crippen molar-refractivity contribution in [2.75, 3.05) is 0 Å². The molecule has 30 heavy (non-hydrogen) atoms. The number of hydrogen-bond acceptors (Lipinski definition) is 7. The molecule has 1 amide bonds. The van der Waals surface area contributed by atoms with Crippen molar-refractivity contribution in [3.8, 4) is 5.75 Å². The molecule has 11 heteroatoms. The number of hydrazone groups is 1. The fraction of sp³-hybridized carbons (Fsp3) is 0.0526. The number of rotatable bonds is 7. The van der Waals surface area contributed by atoms with Gasteiger partial charge in [0.1, 0.15) is 24.7 Å². The predicted molar refractivity (Wildman–Crippen MR) is 107 cm³/mol. The van der Waals surface area contributed by atoms with Crippen molar-refractivity contribution in [3.05, 3.63) is 87.2 Å². The SMILES string of the molecule is O=C(Cn1cc([N+](=O)[O-])cn1)N/N=C/c1ccccc1OC(=O)c1ccccc1Cl. The van der Waals surface area contributed by atoms with E-state index in [1.807, 2.05) is 0 Å². The van der Waals surface area contributed by atoms with E-state index in [2.05, 4.69) is 15.6 Å². The smallest absolute Gasteiger partial charge is 0.345 e. The van der Waals surface area contributed by atoms with Crippen LogP contribution in [0.2, 0.25) is 5.02 Å². The highest BCUT2D eigenvalue weighted by atomic mass is 35.5. The van der Waals surface area contributed by atoms with Crippen molar-refractivity contribution >= 4 is 35.4 Å². The number of hydrogen-bond donors (Lipinski definition) is 1. The van der Waals surface area contributed by atoms with E-state index in [0.29, 0.717) is 5.56 Å². The van der Waals surface area contributed by atoms with Gasteiger partial charge in [-0.15, -0.1) is 0 Å². The first kappa shape index (κ1) is 20.7. The lowest BCUT2D eigenvalue weighted by molar-refractivity contribution is -0.385. The molecule has 0 aliphatic carbocycles. The van der Waals surface area contributed by atoms with Gasteiger partial charge in [-0.2, -0.15) is 10.2 Å². The molecule has 3 rings (SSSR count). The van der Waals surface area contributed by atoms with E-state index in [1.54, 1.807) is 48.5 Å². The van der Waals surface area contributed by atoms with Crippen LogP contribution in [0.3, 0.4) is 0 Å². The van der Waals surface area contributed by atoms with Gasteiger partial charge in [-0.25, -0.2) is 10.2 Å².